The number of ether oxygens (including phenoxy) is 1. The van der Waals surface area contributed by atoms with Gasteiger partial charge < -0.3 is 15.2 Å². The van der Waals surface area contributed by atoms with Gasteiger partial charge in [0.15, 0.2) is 0 Å². The minimum atomic E-state index is -0.331. The molecule has 2 N–H and O–H groups in total. The molecule has 1 aromatic carbocycles. The molecule has 1 saturated carbocycles. The normalized spacial score (nSPS) is 25.9. The van der Waals surface area contributed by atoms with Crippen molar-refractivity contribution in [3.63, 3.8) is 0 Å². The third kappa shape index (κ3) is 3.50. The summed E-state index contributed by atoms with van der Waals surface area (Å²) in [6.07, 6.45) is 2.87. The maximum atomic E-state index is 12.2. The maximum Gasteiger partial charge on any atom is 0.220 e. The monoisotopic (exact) mass is 357 g/mol. The predicted octanol–water partition coefficient (Wildman–Crippen LogP) is 2.97. The Kier molecular flexibility index (Phi) is 5.16. The lowest BCUT2D eigenvalue weighted by Gasteiger charge is -2.55. The number of carbonyl (C=O) groups is 1. The summed E-state index contributed by atoms with van der Waals surface area (Å²) in [5.74, 6) is -0.00113. The molecule has 2 aliphatic rings. The van der Waals surface area contributed by atoms with Crippen molar-refractivity contribution in [1.29, 1.82) is 0 Å². The van der Waals surface area contributed by atoms with Gasteiger partial charge in [-0.2, -0.15) is 0 Å². The highest BCUT2D eigenvalue weighted by atomic mass is 35.5. The Balaban J connectivity index is 1.53. The number of rotatable bonds is 4. The van der Waals surface area contributed by atoms with E-state index >= 15 is 0 Å². The summed E-state index contributed by atoms with van der Waals surface area (Å²) in [5, 5.41) is 14.4. The largest absolute Gasteiger partial charge is 0.392 e. The number of aliphatic hydroxyl groups excluding tert-OH is 1. The lowest BCUT2D eigenvalue weighted by molar-refractivity contribution is -0.156. The van der Waals surface area contributed by atoms with E-state index in [2.05, 4.69) is 5.32 Å². The molecule has 3 rings (SSSR count). The van der Waals surface area contributed by atoms with Gasteiger partial charge in [0.1, 0.15) is 0 Å². The Morgan fingerprint density at radius 2 is 2.09 bits per heavy atom. The summed E-state index contributed by atoms with van der Waals surface area (Å²) >= 11 is 12.0. The first-order valence-electron chi connectivity index (χ1n) is 8.00. The van der Waals surface area contributed by atoms with Crippen LogP contribution in [0.2, 0.25) is 10.0 Å². The van der Waals surface area contributed by atoms with Crippen molar-refractivity contribution >= 4 is 29.1 Å². The van der Waals surface area contributed by atoms with Crippen LogP contribution in [0.4, 0.5) is 0 Å². The fourth-order valence-electron chi connectivity index (χ4n) is 3.64. The number of nitrogens with one attached hydrogen (secondary N) is 1. The van der Waals surface area contributed by atoms with Gasteiger partial charge in [0, 0.05) is 41.1 Å². The molecular weight excluding hydrogens is 337 g/mol. The fraction of sp³-hybridized carbons (Fsp3) is 0.588. The summed E-state index contributed by atoms with van der Waals surface area (Å²) < 4.78 is 5.38. The molecule has 23 heavy (non-hydrogen) atoms. The van der Waals surface area contributed by atoms with Crippen molar-refractivity contribution in [2.75, 3.05) is 13.2 Å². The molecule has 0 bridgehead atoms. The molecule has 2 atom stereocenters. The number of carbonyl (C=O) groups excluding carboxylic acids is 1. The zero-order valence-electron chi connectivity index (χ0n) is 12.9. The maximum absolute atomic E-state index is 12.2. The topological polar surface area (TPSA) is 58.6 Å². The van der Waals surface area contributed by atoms with Gasteiger partial charge in [0.05, 0.1) is 6.10 Å². The highest BCUT2D eigenvalue weighted by Crippen LogP contribution is 2.48. The summed E-state index contributed by atoms with van der Waals surface area (Å²) in [6.45, 7) is 1.31. The molecule has 4 nitrogen and oxygen atoms in total. The van der Waals surface area contributed by atoms with Gasteiger partial charge in [-0.25, -0.2) is 0 Å². The molecule has 1 aliphatic carbocycles. The second-order valence-electron chi connectivity index (χ2n) is 6.45. The van der Waals surface area contributed by atoms with E-state index in [1.165, 1.54) is 0 Å². The first-order valence-corrected chi connectivity index (χ1v) is 8.76. The van der Waals surface area contributed by atoms with Crippen molar-refractivity contribution in [3.05, 3.63) is 33.8 Å². The number of aliphatic hydroxyl groups is 1. The van der Waals surface area contributed by atoms with Crippen LogP contribution in [0.1, 0.15) is 31.2 Å². The number of hydrogen-bond acceptors (Lipinski definition) is 3. The van der Waals surface area contributed by atoms with Gasteiger partial charge in [-0.05, 0) is 43.4 Å². The van der Waals surface area contributed by atoms with E-state index in [1.807, 2.05) is 6.07 Å². The van der Waals surface area contributed by atoms with Gasteiger partial charge in [-0.15, -0.1) is 0 Å². The molecule has 1 spiro atoms. The smallest absolute Gasteiger partial charge is 0.220 e. The number of halogens is 2. The van der Waals surface area contributed by atoms with Crippen molar-refractivity contribution in [1.82, 2.24) is 5.32 Å². The molecule has 0 radical (unpaired) electrons. The van der Waals surface area contributed by atoms with E-state index in [0.717, 1.165) is 18.4 Å². The predicted molar refractivity (Wildman–Crippen MR) is 89.8 cm³/mol. The van der Waals surface area contributed by atoms with Crippen LogP contribution in [-0.4, -0.2) is 36.4 Å². The molecule has 1 amide bonds. The quantitative estimate of drug-likeness (QED) is 0.870. The van der Waals surface area contributed by atoms with Crippen LogP contribution in [0.15, 0.2) is 18.2 Å². The number of aryl methyl sites for hydroxylation is 1. The lowest BCUT2D eigenvalue weighted by Crippen LogP contribution is -2.65. The Hall–Kier alpha value is -0.810. The second-order valence-corrected chi connectivity index (χ2v) is 7.30. The Morgan fingerprint density at radius 3 is 2.74 bits per heavy atom. The van der Waals surface area contributed by atoms with Crippen molar-refractivity contribution in [2.45, 2.75) is 44.2 Å². The molecule has 126 valence electrons. The van der Waals surface area contributed by atoms with Gasteiger partial charge in [0.25, 0.3) is 0 Å². The van der Waals surface area contributed by atoms with Crippen LogP contribution >= 0.6 is 23.2 Å². The van der Waals surface area contributed by atoms with Gasteiger partial charge >= 0.3 is 0 Å². The molecule has 0 aromatic heterocycles. The van der Waals surface area contributed by atoms with E-state index in [1.54, 1.807) is 12.1 Å². The van der Waals surface area contributed by atoms with Crippen LogP contribution in [0.5, 0.6) is 0 Å². The average molecular weight is 358 g/mol. The summed E-state index contributed by atoms with van der Waals surface area (Å²) in [6, 6.07) is 5.37. The molecular formula is C17H21Cl2NO3. The van der Waals surface area contributed by atoms with Gasteiger partial charge in [-0.1, -0.05) is 29.3 Å². The molecule has 1 heterocycles. The summed E-state index contributed by atoms with van der Waals surface area (Å²) in [7, 11) is 0. The molecule has 2 fully saturated rings. The zero-order valence-corrected chi connectivity index (χ0v) is 14.4. The fourth-order valence-corrected chi connectivity index (χ4v) is 4.14. The summed E-state index contributed by atoms with van der Waals surface area (Å²) in [5.41, 5.74) is 0.729. The minimum Gasteiger partial charge on any atom is -0.392 e. The molecule has 1 aromatic rings. The van der Waals surface area contributed by atoms with Gasteiger partial charge in [-0.3, -0.25) is 4.79 Å². The second kappa shape index (κ2) is 6.98. The lowest BCUT2D eigenvalue weighted by atomic mass is 9.58. The van der Waals surface area contributed by atoms with E-state index in [0.29, 0.717) is 42.5 Å². The molecule has 1 aliphatic heterocycles. The highest BCUT2D eigenvalue weighted by molar-refractivity contribution is 6.35. The first kappa shape index (κ1) is 17.0. The molecule has 1 saturated heterocycles. The minimum absolute atomic E-state index is 0.00113. The third-order valence-electron chi connectivity index (χ3n) is 5.21. The Labute approximate surface area is 146 Å². The number of benzene rings is 1. The van der Waals surface area contributed by atoms with Crippen molar-refractivity contribution < 1.29 is 14.6 Å². The summed E-state index contributed by atoms with van der Waals surface area (Å²) in [4.78, 5) is 12.2. The van der Waals surface area contributed by atoms with Crippen LogP contribution < -0.4 is 5.32 Å². The van der Waals surface area contributed by atoms with Crippen LogP contribution in [0.3, 0.4) is 0 Å². The first-order chi connectivity index (χ1) is 11.0. The SMILES string of the molecule is O=C(CCc1ccc(Cl)cc1Cl)N[C@@H]1C[C@@H](O)C12CCOCC2. The van der Waals surface area contributed by atoms with E-state index < -0.39 is 0 Å². The Bertz CT molecular complexity index is 587. The Morgan fingerprint density at radius 1 is 1.35 bits per heavy atom. The molecule has 0 unspecified atom stereocenters. The molecule has 6 heteroatoms. The number of hydrogen-bond donors (Lipinski definition) is 2. The van der Waals surface area contributed by atoms with Gasteiger partial charge in [0.2, 0.25) is 5.91 Å². The number of amides is 1. The zero-order chi connectivity index (χ0) is 16.4. The van der Waals surface area contributed by atoms with E-state index in [-0.39, 0.29) is 23.5 Å². The average Bonchev–Trinajstić information content (AvgIpc) is 2.54. The van der Waals surface area contributed by atoms with E-state index in [4.69, 9.17) is 27.9 Å². The van der Waals surface area contributed by atoms with Crippen LogP contribution in [-0.2, 0) is 16.0 Å². The van der Waals surface area contributed by atoms with Crippen molar-refractivity contribution in [2.24, 2.45) is 5.41 Å². The van der Waals surface area contributed by atoms with Crippen LogP contribution in [0.25, 0.3) is 0 Å². The standard InChI is InChI=1S/C17H21Cl2NO3/c18-12-3-1-11(13(19)9-12)2-4-16(22)20-14-10-15(21)17(14)5-7-23-8-6-17/h1,3,9,14-15,21H,2,4-8,10H2,(H,20,22)/t14-,15-/m1/s1. The van der Waals surface area contributed by atoms with E-state index in [9.17, 15) is 9.90 Å². The third-order valence-corrected chi connectivity index (χ3v) is 5.80. The van der Waals surface area contributed by atoms with Crippen LogP contribution in [0, 0.1) is 5.41 Å². The highest BCUT2D eigenvalue weighted by Gasteiger charge is 2.55. The van der Waals surface area contributed by atoms with Crippen molar-refractivity contribution in [3.8, 4) is 0 Å².